The van der Waals surface area contributed by atoms with E-state index < -0.39 is 0 Å². The van der Waals surface area contributed by atoms with Crippen molar-refractivity contribution in [2.75, 3.05) is 0 Å². The van der Waals surface area contributed by atoms with Crippen LogP contribution in [0.2, 0.25) is 0 Å². The van der Waals surface area contributed by atoms with Crippen molar-refractivity contribution in [1.29, 1.82) is 0 Å². The van der Waals surface area contributed by atoms with Crippen molar-refractivity contribution in [3.05, 3.63) is 64.9 Å². The van der Waals surface area contributed by atoms with Crippen LogP contribution in [0.3, 0.4) is 0 Å². The molecular formula is C17H14O3. The van der Waals surface area contributed by atoms with Crippen LogP contribution in [0, 0.1) is 13.8 Å². The van der Waals surface area contributed by atoms with Crippen LogP contribution in [-0.2, 0) is 0 Å². The summed E-state index contributed by atoms with van der Waals surface area (Å²) >= 11 is 0. The van der Waals surface area contributed by atoms with E-state index in [4.69, 9.17) is 4.42 Å². The normalized spacial score (nSPS) is 10.9. The molecule has 0 radical (unpaired) electrons. The van der Waals surface area contributed by atoms with E-state index in [1.807, 2.05) is 19.1 Å². The molecule has 0 unspecified atom stereocenters. The van der Waals surface area contributed by atoms with Gasteiger partial charge in [-0.2, -0.15) is 0 Å². The predicted octanol–water partition coefficient (Wildman–Crippen LogP) is 3.99. The van der Waals surface area contributed by atoms with Crippen molar-refractivity contribution >= 4 is 16.8 Å². The second-order valence-corrected chi connectivity index (χ2v) is 4.91. The maximum absolute atomic E-state index is 12.6. The maximum Gasteiger partial charge on any atom is 0.197 e. The number of furan rings is 1. The van der Waals surface area contributed by atoms with Gasteiger partial charge in [-0.25, -0.2) is 0 Å². The quantitative estimate of drug-likeness (QED) is 0.713. The zero-order chi connectivity index (χ0) is 14.3. The highest BCUT2D eigenvalue weighted by Crippen LogP contribution is 2.30. The van der Waals surface area contributed by atoms with Crippen LogP contribution in [0.15, 0.2) is 46.9 Å². The number of carbonyl (C=O) groups excluding carboxylic acids is 1. The lowest BCUT2D eigenvalue weighted by atomic mass is 9.99. The molecule has 0 bridgehead atoms. The van der Waals surface area contributed by atoms with Crippen molar-refractivity contribution in [3.63, 3.8) is 0 Å². The molecule has 0 aliphatic rings. The summed E-state index contributed by atoms with van der Waals surface area (Å²) in [7, 11) is 0. The van der Waals surface area contributed by atoms with Gasteiger partial charge in [-0.05, 0) is 32.0 Å². The first-order valence-corrected chi connectivity index (χ1v) is 6.40. The summed E-state index contributed by atoms with van der Waals surface area (Å²) in [6.45, 7) is 3.74. The lowest BCUT2D eigenvalue weighted by molar-refractivity contribution is 0.103. The fourth-order valence-corrected chi connectivity index (χ4v) is 2.34. The van der Waals surface area contributed by atoms with Crippen LogP contribution >= 0.6 is 0 Å². The molecule has 3 aromatic rings. The SMILES string of the molecule is Cc1ccc(C(=O)c2c(C)oc3ccc(O)cc23)cc1. The van der Waals surface area contributed by atoms with Crippen LogP contribution in [0.4, 0.5) is 0 Å². The summed E-state index contributed by atoms with van der Waals surface area (Å²) in [6.07, 6.45) is 0. The number of phenols is 1. The Morgan fingerprint density at radius 3 is 2.45 bits per heavy atom. The Hall–Kier alpha value is -2.55. The summed E-state index contributed by atoms with van der Waals surface area (Å²) < 4.78 is 5.59. The molecule has 100 valence electrons. The number of aryl methyl sites for hydroxylation is 2. The third-order valence-electron chi connectivity index (χ3n) is 3.39. The molecule has 20 heavy (non-hydrogen) atoms. The zero-order valence-corrected chi connectivity index (χ0v) is 11.3. The molecule has 1 N–H and O–H groups in total. The van der Waals surface area contributed by atoms with Gasteiger partial charge in [0.15, 0.2) is 5.78 Å². The van der Waals surface area contributed by atoms with Gasteiger partial charge < -0.3 is 9.52 Å². The molecule has 3 heteroatoms. The highest BCUT2D eigenvalue weighted by molar-refractivity contribution is 6.16. The van der Waals surface area contributed by atoms with Gasteiger partial charge in [0.2, 0.25) is 0 Å². The van der Waals surface area contributed by atoms with Crippen LogP contribution < -0.4 is 0 Å². The van der Waals surface area contributed by atoms with Crippen molar-refractivity contribution in [1.82, 2.24) is 0 Å². The molecule has 0 aliphatic heterocycles. The van der Waals surface area contributed by atoms with E-state index >= 15 is 0 Å². The number of rotatable bonds is 2. The summed E-state index contributed by atoms with van der Waals surface area (Å²) in [6, 6.07) is 12.2. The Morgan fingerprint density at radius 2 is 1.75 bits per heavy atom. The number of carbonyl (C=O) groups is 1. The van der Waals surface area contributed by atoms with Gasteiger partial charge in [0, 0.05) is 10.9 Å². The Bertz CT molecular complexity index is 795. The number of fused-ring (bicyclic) bond motifs is 1. The minimum atomic E-state index is -0.0909. The van der Waals surface area contributed by atoms with Gasteiger partial charge in [0.05, 0.1) is 5.56 Å². The molecule has 3 rings (SSSR count). The van der Waals surface area contributed by atoms with Crippen molar-refractivity contribution in [3.8, 4) is 5.75 Å². The second-order valence-electron chi connectivity index (χ2n) is 4.91. The first kappa shape index (κ1) is 12.5. The summed E-state index contributed by atoms with van der Waals surface area (Å²) in [4.78, 5) is 12.6. The van der Waals surface area contributed by atoms with Gasteiger partial charge in [-0.15, -0.1) is 0 Å². The average molecular weight is 266 g/mol. The smallest absolute Gasteiger partial charge is 0.197 e. The number of hydrogen-bond acceptors (Lipinski definition) is 3. The van der Waals surface area contributed by atoms with Crippen LogP contribution in [0.25, 0.3) is 11.0 Å². The maximum atomic E-state index is 12.6. The van der Waals surface area contributed by atoms with E-state index in [2.05, 4.69) is 0 Å². The van der Waals surface area contributed by atoms with Crippen molar-refractivity contribution in [2.45, 2.75) is 13.8 Å². The van der Waals surface area contributed by atoms with E-state index in [1.54, 1.807) is 37.3 Å². The van der Waals surface area contributed by atoms with E-state index in [0.29, 0.717) is 27.9 Å². The van der Waals surface area contributed by atoms with Crippen LogP contribution in [0.1, 0.15) is 27.2 Å². The van der Waals surface area contributed by atoms with Gasteiger partial charge in [0.25, 0.3) is 0 Å². The summed E-state index contributed by atoms with van der Waals surface area (Å²) in [5, 5.41) is 10.2. The van der Waals surface area contributed by atoms with Crippen LogP contribution in [0.5, 0.6) is 5.75 Å². The molecule has 0 saturated carbocycles. The molecule has 1 aromatic heterocycles. The average Bonchev–Trinajstić information content (AvgIpc) is 2.74. The van der Waals surface area contributed by atoms with Crippen molar-refractivity contribution in [2.24, 2.45) is 0 Å². The topological polar surface area (TPSA) is 50.4 Å². The van der Waals surface area contributed by atoms with Gasteiger partial charge in [-0.1, -0.05) is 29.8 Å². The fraction of sp³-hybridized carbons (Fsp3) is 0.118. The zero-order valence-electron chi connectivity index (χ0n) is 11.3. The fourth-order valence-electron chi connectivity index (χ4n) is 2.34. The minimum Gasteiger partial charge on any atom is -0.508 e. The molecule has 1 heterocycles. The molecule has 0 aliphatic carbocycles. The molecule has 0 spiro atoms. The summed E-state index contributed by atoms with van der Waals surface area (Å²) in [5.74, 6) is 0.597. The Labute approximate surface area is 116 Å². The largest absolute Gasteiger partial charge is 0.508 e. The number of hydrogen-bond donors (Lipinski definition) is 1. The van der Waals surface area contributed by atoms with E-state index in [9.17, 15) is 9.90 Å². The Balaban J connectivity index is 2.18. The van der Waals surface area contributed by atoms with E-state index in [0.717, 1.165) is 5.56 Å². The van der Waals surface area contributed by atoms with Crippen LogP contribution in [-0.4, -0.2) is 10.9 Å². The van der Waals surface area contributed by atoms with Gasteiger partial charge >= 0.3 is 0 Å². The first-order valence-electron chi connectivity index (χ1n) is 6.40. The van der Waals surface area contributed by atoms with E-state index in [-0.39, 0.29) is 11.5 Å². The van der Waals surface area contributed by atoms with Crippen molar-refractivity contribution < 1.29 is 14.3 Å². The standard InChI is InChI=1S/C17H14O3/c1-10-3-5-12(6-4-10)17(19)16-11(2)20-15-8-7-13(18)9-14(15)16/h3-9,18H,1-2H3. The third kappa shape index (κ3) is 1.97. The molecular weight excluding hydrogens is 252 g/mol. The Kier molecular flexibility index (Phi) is 2.83. The van der Waals surface area contributed by atoms with Gasteiger partial charge in [-0.3, -0.25) is 4.79 Å². The highest BCUT2D eigenvalue weighted by Gasteiger charge is 2.19. The molecule has 0 saturated heterocycles. The molecule has 0 fully saturated rings. The Morgan fingerprint density at radius 1 is 1.05 bits per heavy atom. The predicted molar refractivity (Wildman–Crippen MR) is 77.2 cm³/mol. The monoisotopic (exact) mass is 266 g/mol. The van der Waals surface area contributed by atoms with Gasteiger partial charge in [0.1, 0.15) is 17.1 Å². The number of aromatic hydroxyl groups is 1. The lowest BCUT2D eigenvalue weighted by Crippen LogP contribution is -2.02. The minimum absolute atomic E-state index is 0.0909. The lowest BCUT2D eigenvalue weighted by Gasteiger charge is -2.01. The number of benzene rings is 2. The summed E-state index contributed by atoms with van der Waals surface area (Å²) in [5.41, 5.74) is 2.84. The number of ketones is 1. The first-order chi connectivity index (χ1) is 9.56. The highest BCUT2D eigenvalue weighted by atomic mass is 16.3. The second kappa shape index (κ2) is 4.53. The molecule has 0 atom stereocenters. The molecule has 3 nitrogen and oxygen atoms in total. The van der Waals surface area contributed by atoms with E-state index in [1.165, 1.54) is 0 Å². The third-order valence-corrected chi connectivity index (χ3v) is 3.39. The molecule has 2 aromatic carbocycles. The molecule has 0 amide bonds. The number of phenolic OH excluding ortho intramolecular Hbond substituents is 1.